The van der Waals surface area contributed by atoms with Crippen molar-refractivity contribution >= 4 is 30.1 Å². The van der Waals surface area contributed by atoms with Crippen molar-refractivity contribution in [2.75, 3.05) is 18.0 Å². The number of piperidine rings is 1. The molecule has 0 aliphatic carbocycles. The molecule has 0 unspecified atom stereocenters. The lowest BCUT2D eigenvalue weighted by Gasteiger charge is -2.35. The van der Waals surface area contributed by atoms with Crippen LogP contribution in [0.2, 0.25) is 0 Å². The number of aromatic nitrogens is 4. The molecule has 2 atom stereocenters. The van der Waals surface area contributed by atoms with Gasteiger partial charge in [0.25, 0.3) is 12.4 Å². The summed E-state index contributed by atoms with van der Waals surface area (Å²) in [5.74, 6) is 0.157. The predicted molar refractivity (Wildman–Crippen MR) is 107 cm³/mol. The summed E-state index contributed by atoms with van der Waals surface area (Å²) >= 11 is 0.988. The smallest absolute Gasteiger partial charge is 0.324 e. The molecular weight excluding hydrogens is 412 g/mol. The maximum atomic E-state index is 12.4. The van der Waals surface area contributed by atoms with Gasteiger partial charge >= 0.3 is 6.01 Å². The number of amides is 1. The van der Waals surface area contributed by atoms with Gasteiger partial charge in [-0.3, -0.25) is 9.59 Å². The van der Waals surface area contributed by atoms with E-state index in [-0.39, 0.29) is 18.1 Å². The summed E-state index contributed by atoms with van der Waals surface area (Å²) < 4.78 is 13.4. The van der Waals surface area contributed by atoms with Crippen molar-refractivity contribution < 1.29 is 24.3 Å². The van der Waals surface area contributed by atoms with E-state index in [1.807, 2.05) is 35.2 Å². The normalized spacial score (nSPS) is 18.3. The number of rotatable bonds is 4. The number of nitrogens with zero attached hydrogens (tertiary/aromatic N) is 5. The van der Waals surface area contributed by atoms with Crippen LogP contribution in [0.3, 0.4) is 0 Å². The zero-order valence-electron chi connectivity index (χ0n) is 16.0. The summed E-state index contributed by atoms with van der Waals surface area (Å²) in [7, 11) is 0. The van der Waals surface area contributed by atoms with E-state index in [0.29, 0.717) is 37.0 Å². The van der Waals surface area contributed by atoms with Gasteiger partial charge in [0.2, 0.25) is 5.82 Å². The Morgan fingerprint density at radius 3 is 2.73 bits per heavy atom. The van der Waals surface area contributed by atoms with Gasteiger partial charge in [-0.15, -0.1) is 0 Å². The Morgan fingerprint density at radius 2 is 2.07 bits per heavy atom. The largest absolute Gasteiger partial charge is 0.483 e. The Morgan fingerprint density at radius 1 is 1.33 bits per heavy atom. The lowest BCUT2D eigenvalue weighted by molar-refractivity contribution is -0.122. The number of hydrogen-bond donors (Lipinski definition) is 3. The molecule has 0 saturated carbocycles. The van der Waals surface area contributed by atoms with E-state index in [9.17, 15) is 9.90 Å². The Balaban J connectivity index is 0.000000806. The SMILES string of the molecule is Cc1nsnc1C(=O)N[C@@H]1CN(c2nc(-c3ccccc3)no2)CC[C@@H]1O.O=CO. The number of benzene rings is 1. The molecule has 3 aromatic rings. The number of aliphatic hydroxyl groups is 1. The summed E-state index contributed by atoms with van der Waals surface area (Å²) in [5.41, 5.74) is 1.72. The molecule has 11 nitrogen and oxygen atoms in total. The maximum absolute atomic E-state index is 12.4. The fourth-order valence-corrected chi connectivity index (χ4v) is 3.52. The molecule has 1 saturated heterocycles. The molecule has 158 valence electrons. The van der Waals surface area contributed by atoms with Crippen LogP contribution in [0, 0.1) is 6.92 Å². The molecule has 1 aliphatic rings. The molecule has 3 heterocycles. The molecule has 30 heavy (non-hydrogen) atoms. The van der Waals surface area contributed by atoms with E-state index in [0.717, 1.165) is 17.3 Å². The average Bonchev–Trinajstić information content (AvgIpc) is 3.40. The number of aryl methyl sites for hydroxylation is 1. The lowest BCUT2D eigenvalue weighted by Crippen LogP contribution is -2.55. The second kappa shape index (κ2) is 9.89. The molecule has 3 N–H and O–H groups in total. The second-order valence-corrected chi connectivity index (χ2v) is 6.98. The number of carboxylic acid groups (broad SMARTS) is 1. The fourth-order valence-electron chi connectivity index (χ4n) is 2.98. The van der Waals surface area contributed by atoms with Crippen molar-refractivity contribution in [1.29, 1.82) is 0 Å². The van der Waals surface area contributed by atoms with Gasteiger partial charge in [-0.05, 0) is 13.3 Å². The highest BCUT2D eigenvalue weighted by atomic mass is 32.1. The topological polar surface area (TPSA) is 155 Å². The molecule has 4 rings (SSSR count). The van der Waals surface area contributed by atoms with Crippen LogP contribution in [0.4, 0.5) is 6.01 Å². The molecule has 1 amide bonds. The van der Waals surface area contributed by atoms with E-state index >= 15 is 0 Å². The van der Waals surface area contributed by atoms with E-state index in [1.165, 1.54) is 0 Å². The summed E-state index contributed by atoms with van der Waals surface area (Å²) in [6.45, 7) is 2.40. The van der Waals surface area contributed by atoms with Crippen molar-refractivity contribution in [1.82, 2.24) is 24.2 Å². The highest BCUT2D eigenvalue weighted by molar-refractivity contribution is 6.99. The predicted octanol–water partition coefficient (Wildman–Crippen LogP) is 0.967. The van der Waals surface area contributed by atoms with Gasteiger partial charge in [0.05, 0.1) is 29.6 Å². The molecule has 0 spiro atoms. The van der Waals surface area contributed by atoms with Crippen LogP contribution in [0.25, 0.3) is 11.4 Å². The standard InChI is InChI=1S/C17H18N6O3S.CH2O2/c1-10-14(22-27-21-10)16(25)18-12-9-23(8-7-13(12)24)17-19-15(20-26-17)11-5-3-2-4-6-11;2-1-3/h2-6,12-13,24H,7-9H2,1H3,(H,18,25);1H,(H,2,3)/t12-,13+;/m1./s1. The van der Waals surface area contributed by atoms with Crippen LogP contribution in [0.15, 0.2) is 34.9 Å². The molecule has 12 heteroatoms. The number of hydrogen-bond acceptors (Lipinski definition) is 10. The number of nitrogens with one attached hydrogen (secondary N) is 1. The first-order chi connectivity index (χ1) is 14.5. The van der Waals surface area contributed by atoms with Crippen LogP contribution >= 0.6 is 11.7 Å². The van der Waals surface area contributed by atoms with Crippen molar-refractivity contribution in [3.63, 3.8) is 0 Å². The van der Waals surface area contributed by atoms with Crippen LogP contribution in [-0.2, 0) is 4.79 Å². The van der Waals surface area contributed by atoms with Crippen molar-refractivity contribution in [3.05, 3.63) is 41.7 Å². The third kappa shape index (κ3) is 4.96. The molecule has 1 fully saturated rings. The van der Waals surface area contributed by atoms with Gasteiger partial charge in [-0.2, -0.15) is 13.7 Å². The fraction of sp³-hybridized carbons (Fsp3) is 0.333. The number of aliphatic hydroxyl groups excluding tert-OH is 1. The highest BCUT2D eigenvalue weighted by Crippen LogP contribution is 2.23. The first-order valence-corrected chi connectivity index (χ1v) is 9.76. The minimum Gasteiger partial charge on any atom is -0.483 e. The highest BCUT2D eigenvalue weighted by Gasteiger charge is 2.32. The van der Waals surface area contributed by atoms with Crippen molar-refractivity contribution in [3.8, 4) is 11.4 Å². The first kappa shape index (κ1) is 21.3. The number of carbonyl (C=O) groups is 2. The summed E-state index contributed by atoms with van der Waals surface area (Å²) in [6, 6.07) is 9.44. The zero-order valence-corrected chi connectivity index (χ0v) is 16.8. The number of anilines is 1. The Kier molecular flexibility index (Phi) is 7.03. The Labute approximate surface area is 175 Å². The molecule has 2 aromatic heterocycles. The van der Waals surface area contributed by atoms with Gasteiger partial charge in [0.15, 0.2) is 5.69 Å². The molecular formula is C18H20N6O5S. The van der Waals surface area contributed by atoms with Crippen LogP contribution in [0.5, 0.6) is 0 Å². The third-order valence-corrected chi connectivity index (χ3v) is 5.10. The van der Waals surface area contributed by atoms with Crippen LogP contribution in [-0.4, -0.2) is 66.7 Å². The molecule has 0 radical (unpaired) electrons. The Bertz CT molecular complexity index is 978. The van der Waals surface area contributed by atoms with E-state index in [1.54, 1.807) is 6.92 Å². The summed E-state index contributed by atoms with van der Waals surface area (Å²) in [5, 5.41) is 24.0. The minimum atomic E-state index is -0.659. The van der Waals surface area contributed by atoms with Crippen LogP contribution in [0.1, 0.15) is 22.6 Å². The monoisotopic (exact) mass is 432 g/mol. The second-order valence-electron chi connectivity index (χ2n) is 6.45. The van der Waals surface area contributed by atoms with Crippen LogP contribution < -0.4 is 10.2 Å². The maximum Gasteiger partial charge on any atom is 0.324 e. The van der Waals surface area contributed by atoms with E-state index in [4.69, 9.17) is 14.4 Å². The quantitative estimate of drug-likeness (QED) is 0.508. The van der Waals surface area contributed by atoms with E-state index in [2.05, 4.69) is 24.2 Å². The summed E-state index contributed by atoms with van der Waals surface area (Å²) in [4.78, 5) is 27.1. The van der Waals surface area contributed by atoms with Gasteiger partial charge < -0.3 is 25.0 Å². The van der Waals surface area contributed by atoms with Gasteiger partial charge in [0.1, 0.15) is 0 Å². The number of carbonyl (C=O) groups excluding carboxylic acids is 1. The lowest BCUT2D eigenvalue weighted by atomic mass is 10.0. The van der Waals surface area contributed by atoms with Crippen molar-refractivity contribution in [2.24, 2.45) is 0 Å². The van der Waals surface area contributed by atoms with Gasteiger partial charge in [-0.1, -0.05) is 35.5 Å². The molecule has 1 aromatic carbocycles. The van der Waals surface area contributed by atoms with Crippen molar-refractivity contribution in [2.45, 2.75) is 25.5 Å². The van der Waals surface area contributed by atoms with Gasteiger partial charge in [-0.25, -0.2) is 0 Å². The average molecular weight is 432 g/mol. The zero-order chi connectivity index (χ0) is 21.5. The van der Waals surface area contributed by atoms with Gasteiger partial charge in [0, 0.05) is 18.7 Å². The Hall–Kier alpha value is -3.38. The molecule has 0 bridgehead atoms. The third-order valence-electron chi connectivity index (χ3n) is 4.48. The molecule has 1 aliphatic heterocycles. The minimum absolute atomic E-state index is 0.250. The summed E-state index contributed by atoms with van der Waals surface area (Å²) in [6.07, 6.45) is -0.184. The van der Waals surface area contributed by atoms with E-state index < -0.39 is 12.1 Å². The first-order valence-electron chi connectivity index (χ1n) is 9.03.